The first-order chi connectivity index (χ1) is 2.41. The smallest absolute Gasteiger partial charge is 0.00312 e. The molecule has 0 bridgehead atoms. The number of rotatable bonds is 2. The normalized spacial score (nSPS) is 8.40. The zero-order chi connectivity index (χ0) is 4.12. The summed E-state index contributed by atoms with van der Waals surface area (Å²) in [6, 6.07) is 0. The van der Waals surface area contributed by atoms with Gasteiger partial charge in [-0.05, 0) is 6.42 Å². The molecule has 0 atom stereocenters. The van der Waals surface area contributed by atoms with E-state index in [4.69, 9.17) is 0 Å². The fraction of sp³-hybridized carbons (Fsp3) is 1.00. The van der Waals surface area contributed by atoms with E-state index in [1.54, 1.807) is 0 Å². The molecule has 0 aliphatic rings. The summed E-state index contributed by atoms with van der Waals surface area (Å²) < 4.78 is 0. The third-order valence-corrected chi connectivity index (χ3v) is 1.05. The second-order valence-electron chi connectivity index (χ2n) is 1.04. The summed E-state index contributed by atoms with van der Waals surface area (Å²) in [4.78, 5) is 0. The fourth-order valence-electron chi connectivity index (χ4n) is 0.134. The molecule has 32 valence electrons. The van der Waals surface area contributed by atoms with E-state index in [-0.39, 0.29) is 0 Å². The molecule has 0 heterocycles. The van der Waals surface area contributed by atoms with E-state index in [2.05, 4.69) is 22.9 Å². The Bertz CT molecular complexity index is 11.1. The van der Waals surface area contributed by atoms with Crippen LogP contribution in [0.1, 0.15) is 19.8 Å². The van der Waals surface area contributed by atoms with Crippen molar-refractivity contribution in [2.24, 2.45) is 0 Å². The molecule has 0 saturated heterocycles. The van der Waals surface area contributed by atoms with Crippen LogP contribution in [0.5, 0.6) is 0 Å². The molecule has 0 aliphatic heterocycles. The minimum atomic E-state index is 1.16. The average Bonchev–Trinajstić information content (AvgIpc) is 1.41. The van der Waals surface area contributed by atoms with Gasteiger partial charge in [-0.25, -0.2) is 0 Å². The monoisotopic (exact) mass is 138 g/mol. The van der Waals surface area contributed by atoms with Crippen LogP contribution < -0.4 is 0 Å². The molecule has 0 aromatic heterocycles. The van der Waals surface area contributed by atoms with Gasteiger partial charge in [0.15, 0.2) is 0 Å². The van der Waals surface area contributed by atoms with Crippen molar-refractivity contribution in [3.05, 3.63) is 0 Å². The van der Waals surface area contributed by atoms with Crippen LogP contribution in [0.15, 0.2) is 0 Å². The molecule has 0 radical (unpaired) electrons. The van der Waals surface area contributed by atoms with Gasteiger partial charge in [0, 0.05) is 5.33 Å². The first-order valence-electron chi connectivity index (χ1n) is 1.97. The minimum absolute atomic E-state index is 1.16. The third-order valence-electron chi connectivity index (χ3n) is 0.487. The van der Waals surface area contributed by atoms with Crippen molar-refractivity contribution < 1.29 is 0 Å². The average molecular weight is 139 g/mol. The van der Waals surface area contributed by atoms with E-state index in [0.717, 1.165) is 5.33 Å². The van der Waals surface area contributed by atoms with Crippen molar-refractivity contribution in [3.8, 4) is 0 Å². The van der Waals surface area contributed by atoms with Crippen molar-refractivity contribution in [2.45, 2.75) is 19.8 Å². The van der Waals surface area contributed by atoms with Crippen molar-refractivity contribution >= 4 is 15.9 Å². The van der Waals surface area contributed by atoms with Gasteiger partial charge in [-0.1, -0.05) is 29.3 Å². The second kappa shape index (κ2) is 4.48. The molecule has 5 heavy (non-hydrogen) atoms. The molecular weight excluding hydrogens is 130 g/mol. The highest BCUT2D eigenvalue weighted by molar-refractivity contribution is 9.09. The van der Waals surface area contributed by atoms with Gasteiger partial charge < -0.3 is 0 Å². The molecule has 0 amide bonds. The van der Waals surface area contributed by atoms with E-state index in [9.17, 15) is 0 Å². The molecule has 0 spiro atoms. The molecule has 0 nitrogen and oxygen atoms in total. The van der Waals surface area contributed by atoms with Crippen LogP contribution in [-0.2, 0) is 0 Å². The van der Waals surface area contributed by atoms with Gasteiger partial charge in [0.2, 0.25) is 0 Å². The topological polar surface area (TPSA) is 0 Å². The maximum Gasteiger partial charge on any atom is 0.00312 e. The van der Waals surface area contributed by atoms with E-state index in [1.807, 2.05) is 0 Å². The maximum absolute atomic E-state index is 3.31. The van der Waals surface area contributed by atoms with Crippen LogP contribution >= 0.6 is 15.9 Å². The summed E-state index contributed by atoms with van der Waals surface area (Å²) in [6.07, 6.45) is 2.60. The molecule has 0 aromatic rings. The van der Waals surface area contributed by atoms with E-state index < -0.39 is 0 Å². The van der Waals surface area contributed by atoms with Gasteiger partial charge in [0.25, 0.3) is 0 Å². The largest absolute Gasteiger partial charge is 0.0928 e. The van der Waals surface area contributed by atoms with Gasteiger partial charge >= 0.3 is 0 Å². The third kappa shape index (κ3) is 4.48. The molecule has 0 aliphatic carbocycles. The number of alkyl halides is 1. The van der Waals surface area contributed by atoms with Crippen LogP contribution in [-0.4, -0.2) is 5.33 Å². The highest BCUT2D eigenvalue weighted by atomic mass is 79.9. The molecule has 0 unspecified atom stereocenters. The van der Waals surface area contributed by atoms with Crippen molar-refractivity contribution in [1.82, 2.24) is 0 Å². The molecule has 0 saturated carbocycles. The summed E-state index contributed by atoms with van der Waals surface area (Å²) in [5.41, 5.74) is 0. The molecule has 0 fully saturated rings. The van der Waals surface area contributed by atoms with E-state index in [0.29, 0.717) is 0 Å². The van der Waals surface area contributed by atoms with E-state index >= 15 is 0 Å². The summed E-state index contributed by atoms with van der Waals surface area (Å²) >= 11 is 3.31. The lowest BCUT2D eigenvalue weighted by Gasteiger charge is -1.77. The second-order valence-corrected chi connectivity index (χ2v) is 1.84. The van der Waals surface area contributed by atoms with Crippen molar-refractivity contribution in [3.63, 3.8) is 0 Å². The Morgan fingerprint density at radius 1 is 1.80 bits per heavy atom. The molecule has 0 rings (SSSR count). The minimum Gasteiger partial charge on any atom is -0.0928 e. The first kappa shape index (κ1) is 5.48. The zero-order valence-electron chi connectivity index (χ0n) is 3.50. The SMILES string of the molecule is CCC[14CH2]Br. The van der Waals surface area contributed by atoms with Gasteiger partial charge in [0.1, 0.15) is 0 Å². The van der Waals surface area contributed by atoms with Gasteiger partial charge in [-0.3, -0.25) is 0 Å². The van der Waals surface area contributed by atoms with E-state index in [1.165, 1.54) is 12.8 Å². The Morgan fingerprint density at radius 2 is 2.40 bits per heavy atom. The lowest BCUT2D eigenvalue weighted by atomic mass is 10.5. The Hall–Kier alpha value is 0.480. The van der Waals surface area contributed by atoms with Gasteiger partial charge in [-0.15, -0.1) is 0 Å². The summed E-state index contributed by atoms with van der Waals surface area (Å²) in [5, 5.41) is 1.16. The van der Waals surface area contributed by atoms with Crippen LogP contribution in [0, 0.1) is 0 Å². The highest BCUT2D eigenvalue weighted by Crippen LogP contribution is 1.89. The number of halogens is 1. The number of hydrogen-bond donors (Lipinski definition) is 0. The molecular formula is C4H9Br. The molecule has 1 heteroatoms. The first-order valence-corrected chi connectivity index (χ1v) is 3.10. The quantitative estimate of drug-likeness (QED) is 0.514. The van der Waals surface area contributed by atoms with Crippen LogP contribution in [0.25, 0.3) is 0 Å². The number of hydrogen-bond acceptors (Lipinski definition) is 0. The highest BCUT2D eigenvalue weighted by Gasteiger charge is 1.69. The van der Waals surface area contributed by atoms with Gasteiger partial charge in [-0.2, -0.15) is 0 Å². The van der Waals surface area contributed by atoms with Gasteiger partial charge in [0.05, 0.1) is 0 Å². The Morgan fingerprint density at radius 3 is 2.40 bits per heavy atom. The standard InChI is InChI=1S/C4H9Br/c1-2-3-4-5/h2-4H2,1H3/i4+2. The molecule has 0 aromatic carbocycles. The lowest BCUT2D eigenvalue weighted by molar-refractivity contribution is 0.902. The maximum atomic E-state index is 3.31. The predicted molar refractivity (Wildman–Crippen MR) is 28.7 cm³/mol. The van der Waals surface area contributed by atoms with Crippen LogP contribution in [0.4, 0.5) is 0 Å². The summed E-state index contributed by atoms with van der Waals surface area (Å²) in [5.74, 6) is 0. The summed E-state index contributed by atoms with van der Waals surface area (Å²) in [6.45, 7) is 2.18. The summed E-state index contributed by atoms with van der Waals surface area (Å²) in [7, 11) is 0. The van der Waals surface area contributed by atoms with Crippen LogP contribution in [0.2, 0.25) is 0 Å². The fourth-order valence-corrected chi connectivity index (χ4v) is 0.694. The Labute approximate surface area is 41.7 Å². The van der Waals surface area contributed by atoms with Crippen molar-refractivity contribution in [2.75, 3.05) is 5.33 Å². The molecule has 0 N–H and O–H groups in total. The van der Waals surface area contributed by atoms with Crippen molar-refractivity contribution in [1.29, 1.82) is 0 Å². The Balaban J connectivity index is 2.19. The number of unbranched alkanes of at least 4 members (excludes halogenated alkanes) is 1. The predicted octanol–water partition coefficient (Wildman–Crippen LogP) is 2.18. The van der Waals surface area contributed by atoms with Crippen LogP contribution in [0.3, 0.4) is 0 Å². The zero-order valence-corrected chi connectivity index (χ0v) is 5.09. The Kier molecular flexibility index (Phi) is 4.91. The lowest BCUT2D eigenvalue weighted by Crippen LogP contribution is -1.64.